The summed E-state index contributed by atoms with van der Waals surface area (Å²) in [6, 6.07) is 0. The Morgan fingerprint density at radius 3 is 2.21 bits per heavy atom. The lowest BCUT2D eigenvalue weighted by Crippen LogP contribution is -2.67. The molecule has 0 aliphatic heterocycles. The Balaban J connectivity index is 1.57. The first-order valence-electron chi connectivity index (χ1n) is 13.8. The zero-order chi connectivity index (χ0) is 24.9. The van der Waals surface area contributed by atoms with E-state index in [-0.39, 0.29) is 39.6 Å². The molecule has 10 atom stereocenters. The summed E-state index contributed by atoms with van der Waals surface area (Å²) in [4.78, 5) is 24.5. The molecule has 0 spiro atoms. The highest BCUT2D eigenvalue weighted by molar-refractivity contribution is 5.78. The smallest absolute Gasteiger partial charge is 0.309 e. The Labute approximate surface area is 206 Å². The molecule has 0 bridgehead atoms. The van der Waals surface area contributed by atoms with Crippen molar-refractivity contribution in [3.63, 3.8) is 0 Å². The van der Waals surface area contributed by atoms with E-state index >= 15 is 0 Å². The van der Waals surface area contributed by atoms with E-state index in [1.165, 1.54) is 0 Å². The molecular weight excluding hydrogens is 424 g/mol. The Kier molecular flexibility index (Phi) is 5.36. The minimum atomic E-state index is -0.692. The number of aliphatic hydroxyl groups is 1. The van der Waals surface area contributed by atoms with Gasteiger partial charge in [-0.05, 0) is 121 Å². The van der Waals surface area contributed by atoms with E-state index in [1.807, 2.05) is 0 Å². The van der Waals surface area contributed by atoms with Crippen molar-refractivity contribution < 1.29 is 19.8 Å². The Bertz CT molecular complexity index is 907. The van der Waals surface area contributed by atoms with E-state index in [0.717, 1.165) is 64.1 Å². The average Bonchev–Trinajstić information content (AvgIpc) is 3.18. The van der Waals surface area contributed by atoms with Crippen LogP contribution in [0.3, 0.4) is 0 Å². The van der Waals surface area contributed by atoms with Gasteiger partial charge in [-0.3, -0.25) is 9.59 Å². The molecule has 5 aliphatic rings. The second kappa shape index (κ2) is 7.43. The second-order valence-electron chi connectivity index (χ2n) is 14.4. The summed E-state index contributed by atoms with van der Waals surface area (Å²) in [6.45, 7) is 16.2. The first-order valence-corrected chi connectivity index (χ1v) is 13.8. The molecule has 4 heteroatoms. The standard InChI is InChI=1S/C30H46O4/c1-18(17-31)19-9-14-30(25(33)34)16-15-28(5)20(24(19)30)7-8-22-27(4)12-11-23(32)26(2,3)21(27)10-13-29(22,28)6/h17,19-24,32H,1,7-16H2,2-6H3,(H,33,34). The third kappa shape index (κ3) is 2.75. The fraction of sp³-hybridized carbons (Fsp3) is 0.867. The topological polar surface area (TPSA) is 74.6 Å². The molecular formula is C30H46O4. The number of carboxylic acids is 1. The van der Waals surface area contributed by atoms with E-state index in [9.17, 15) is 19.8 Å². The number of hydrogen-bond acceptors (Lipinski definition) is 3. The molecule has 10 unspecified atom stereocenters. The predicted octanol–water partition coefficient (Wildman–Crippen LogP) is 6.27. The SMILES string of the molecule is C=C(C=O)C1CCC2(C(=O)O)CCC3(C)C(CCC4C5(C)CCC(O)C(C)(C)C5CCC43C)C12. The van der Waals surface area contributed by atoms with Crippen LogP contribution in [0.2, 0.25) is 0 Å². The number of carboxylic acid groups (broad SMARTS) is 1. The molecule has 0 heterocycles. The summed E-state index contributed by atoms with van der Waals surface area (Å²) in [5, 5.41) is 21.4. The zero-order valence-corrected chi connectivity index (χ0v) is 22.0. The largest absolute Gasteiger partial charge is 0.481 e. The van der Waals surface area contributed by atoms with Crippen LogP contribution in [0.25, 0.3) is 0 Å². The van der Waals surface area contributed by atoms with Crippen LogP contribution in [0.1, 0.15) is 98.8 Å². The van der Waals surface area contributed by atoms with Crippen molar-refractivity contribution in [3.05, 3.63) is 12.2 Å². The summed E-state index contributed by atoms with van der Waals surface area (Å²) in [6.07, 6.45) is 10.3. The third-order valence-corrected chi connectivity index (χ3v) is 13.5. The highest BCUT2D eigenvalue weighted by Gasteiger charge is 2.72. The highest BCUT2D eigenvalue weighted by Crippen LogP contribution is 2.77. The molecule has 5 fully saturated rings. The zero-order valence-electron chi connectivity index (χ0n) is 22.0. The van der Waals surface area contributed by atoms with Crippen LogP contribution >= 0.6 is 0 Å². The number of hydrogen-bond donors (Lipinski definition) is 2. The molecule has 190 valence electrons. The Morgan fingerprint density at radius 2 is 1.56 bits per heavy atom. The molecule has 5 aliphatic carbocycles. The van der Waals surface area contributed by atoms with E-state index in [1.54, 1.807) is 0 Å². The minimum absolute atomic E-state index is 0.00839. The van der Waals surface area contributed by atoms with Crippen LogP contribution in [-0.2, 0) is 9.59 Å². The molecule has 4 nitrogen and oxygen atoms in total. The maximum Gasteiger partial charge on any atom is 0.309 e. The number of fused-ring (bicyclic) bond motifs is 7. The van der Waals surface area contributed by atoms with E-state index in [0.29, 0.717) is 29.7 Å². The van der Waals surface area contributed by atoms with Crippen LogP contribution in [-0.4, -0.2) is 28.6 Å². The fourth-order valence-electron chi connectivity index (χ4n) is 11.5. The summed E-state index contributed by atoms with van der Waals surface area (Å²) >= 11 is 0. The number of aliphatic hydroxyl groups excluding tert-OH is 1. The lowest BCUT2D eigenvalue weighted by molar-refractivity contribution is -0.248. The summed E-state index contributed by atoms with van der Waals surface area (Å²) < 4.78 is 0. The summed E-state index contributed by atoms with van der Waals surface area (Å²) in [5.74, 6) is 0.830. The third-order valence-electron chi connectivity index (χ3n) is 13.5. The lowest BCUT2D eigenvalue weighted by atomic mass is 9.32. The monoisotopic (exact) mass is 470 g/mol. The number of carbonyl (C=O) groups excluding carboxylic acids is 1. The average molecular weight is 471 g/mol. The molecule has 0 saturated heterocycles. The van der Waals surface area contributed by atoms with Crippen molar-refractivity contribution in [3.8, 4) is 0 Å². The van der Waals surface area contributed by atoms with Crippen molar-refractivity contribution in [1.29, 1.82) is 0 Å². The molecule has 5 rings (SSSR count). The molecule has 0 aromatic heterocycles. The number of carbonyl (C=O) groups is 2. The van der Waals surface area contributed by atoms with E-state index in [4.69, 9.17) is 0 Å². The van der Waals surface area contributed by atoms with Crippen LogP contribution in [0.15, 0.2) is 12.2 Å². The van der Waals surface area contributed by atoms with Gasteiger partial charge in [-0.25, -0.2) is 0 Å². The van der Waals surface area contributed by atoms with Gasteiger partial charge in [0.15, 0.2) is 0 Å². The van der Waals surface area contributed by atoms with Gasteiger partial charge in [0, 0.05) is 0 Å². The van der Waals surface area contributed by atoms with Gasteiger partial charge < -0.3 is 10.2 Å². The van der Waals surface area contributed by atoms with Gasteiger partial charge in [0.1, 0.15) is 6.29 Å². The molecule has 5 saturated carbocycles. The highest BCUT2D eigenvalue weighted by atomic mass is 16.4. The van der Waals surface area contributed by atoms with Gasteiger partial charge in [-0.15, -0.1) is 0 Å². The van der Waals surface area contributed by atoms with Gasteiger partial charge >= 0.3 is 5.97 Å². The van der Waals surface area contributed by atoms with Gasteiger partial charge in [0.05, 0.1) is 11.5 Å². The first-order chi connectivity index (χ1) is 15.8. The molecule has 0 aromatic carbocycles. The van der Waals surface area contributed by atoms with Gasteiger partial charge in [-0.2, -0.15) is 0 Å². The van der Waals surface area contributed by atoms with Crippen molar-refractivity contribution in [2.24, 2.45) is 56.7 Å². The number of aldehydes is 1. The minimum Gasteiger partial charge on any atom is -0.481 e. The Morgan fingerprint density at radius 1 is 0.853 bits per heavy atom. The quantitative estimate of drug-likeness (QED) is 0.377. The number of rotatable bonds is 3. The maximum absolute atomic E-state index is 12.8. The van der Waals surface area contributed by atoms with Crippen molar-refractivity contribution in [2.45, 2.75) is 105 Å². The van der Waals surface area contributed by atoms with E-state index < -0.39 is 11.4 Å². The van der Waals surface area contributed by atoms with Crippen molar-refractivity contribution in [1.82, 2.24) is 0 Å². The maximum atomic E-state index is 12.8. The van der Waals surface area contributed by atoms with Gasteiger partial charge in [-0.1, -0.05) is 41.2 Å². The molecule has 34 heavy (non-hydrogen) atoms. The Hall–Kier alpha value is -1.16. The normalized spacial score (nSPS) is 53.6. The summed E-state index contributed by atoms with van der Waals surface area (Å²) in [7, 11) is 0. The molecule has 0 aromatic rings. The van der Waals surface area contributed by atoms with Crippen LogP contribution in [0.4, 0.5) is 0 Å². The van der Waals surface area contributed by atoms with Crippen LogP contribution in [0.5, 0.6) is 0 Å². The van der Waals surface area contributed by atoms with Crippen LogP contribution < -0.4 is 0 Å². The van der Waals surface area contributed by atoms with Crippen LogP contribution in [0, 0.1) is 56.7 Å². The van der Waals surface area contributed by atoms with Crippen molar-refractivity contribution in [2.75, 3.05) is 0 Å². The molecule has 0 amide bonds. The van der Waals surface area contributed by atoms with Crippen molar-refractivity contribution >= 4 is 12.3 Å². The predicted molar refractivity (Wildman–Crippen MR) is 133 cm³/mol. The first kappa shape index (κ1) is 24.5. The van der Waals surface area contributed by atoms with E-state index in [2.05, 4.69) is 41.2 Å². The summed E-state index contributed by atoms with van der Waals surface area (Å²) in [5.41, 5.74) is 0.298. The van der Waals surface area contributed by atoms with Gasteiger partial charge in [0.2, 0.25) is 0 Å². The lowest BCUT2D eigenvalue weighted by Gasteiger charge is -2.72. The molecule has 0 radical (unpaired) electrons. The number of allylic oxidation sites excluding steroid dienone is 1. The fourth-order valence-corrected chi connectivity index (χ4v) is 11.5. The van der Waals surface area contributed by atoms with Gasteiger partial charge in [0.25, 0.3) is 0 Å². The molecule has 2 N–H and O–H groups in total. The second-order valence-corrected chi connectivity index (χ2v) is 14.4. The number of aliphatic carboxylic acids is 1.